The van der Waals surface area contributed by atoms with Gasteiger partial charge in [0.25, 0.3) is 0 Å². The molecule has 0 radical (unpaired) electrons. The average molecular weight is 333 g/mol. The Bertz CT molecular complexity index is 608. The Hall–Kier alpha value is -0.900. The molecule has 108 valence electrons. The second kappa shape index (κ2) is 6.70. The van der Waals surface area contributed by atoms with Crippen LogP contribution in [-0.4, -0.2) is 9.55 Å². The van der Waals surface area contributed by atoms with Gasteiger partial charge in [-0.25, -0.2) is 4.98 Å². The lowest BCUT2D eigenvalue weighted by atomic mass is 10.3. The van der Waals surface area contributed by atoms with Gasteiger partial charge >= 0.3 is 0 Å². The zero-order valence-corrected chi connectivity index (χ0v) is 13.6. The lowest BCUT2D eigenvalue weighted by Gasteiger charge is -2.11. The van der Waals surface area contributed by atoms with Gasteiger partial charge in [0.15, 0.2) is 0 Å². The predicted molar refractivity (Wildman–Crippen MR) is 86.6 cm³/mol. The summed E-state index contributed by atoms with van der Waals surface area (Å²) in [6.45, 7) is 5.04. The highest BCUT2D eigenvalue weighted by Crippen LogP contribution is 2.33. The minimum Gasteiger partial charge on any atom is -0.324 e. The molecule has 0 unspecified atom stereocenters. The molecule has 0 amide bonds. The van der Waals surface area contributed by atoms with E-state index in [9.17, 15) is 0 Å². The number of halogens is 3. The van der Waals surface area contributed by atoms with Crippen LogP contribution in [0.2, 0.25) is 15.1 Å². The van der Waals surface area contributed by atoms with Crippen LogP contribution >= 0.6 is 34.8 Å². The molecule has 0 atom stereocenters. The second-order valence-corrected chi connectivity index (χ2v) is 5.85. The van der Waals surface area contributed by atoms with Crippen molar-refractivity contribution in [3.63, 3.8) is 0 Å². The molecular weight excluding hydrogens is 317 g/mol. The van der Waals surface area contributed by atoms with Gasteiger partial charge in [-0.3, -0.25) is 0 Å². The highest BCUT2D eigenvalue weighted by Gasteiger charge is 2.10. The van der Waals surface area contributed by atoms with Gasteiger partial charge in [0, 0.05) is 12.7 Å². The highest BCUT2D eigenvalue weighted by atomic mass is 35.5. The first kappa shape index (κ1) is 15.5. The van der Waals surface area contributed by atoms with Crippen molar-refractivity contribution >= 4 is 46.4 Å². The fourth-order valence-corrected chi connectivity index (χ4v) is 2.48. The molecule has 1 N–H and O–H groups in total. The van der Waals surface area contributed by atoms with E-state index < -0.39 is 0 Å². The van der Waals surface area contributed by atoms with E-state index in [0.717, 1.165) is 31.0 Å². The highest BCUT2D eigenvalue weighted by molar-refractivity contribution is 6.44. The number of imidazole rings is 1. The number of aromatic nitrogens is 2. The van der Waals surface area contributed by atoms with Crippen LogP contribution in [0.15, 0.2) is 18.3 Å². The molecule has 1 heterocycles. The Morgan fingerprint density at radius 3 is 2.55 bits per heavy atom. The lowest BCUT2D eigenvalue weighted by molar-refractivity contribution is 0.637. The van der Waals surface area contributed by atoms with Gasteiger partial charge in [-0.2, -0.15) is 0 Å². The molecular formula is C14H16Cl3N3. The molecule has 0 aliphatic heterocycles. The minimum absolute atomic E-state index is 0.438. The van der Waals surface area contributed by atoms with Gasteiger partial charge in [0.1, 0.15) is 0 Å². The third-order valence-electron chi connectivity index (χ3n) is 2.91. The third-order valence-corrected chi connectivity index (χ3v) is 3.94. The van der Waals surface area contributed by atoms with Crippen LogP contribution in [0.5, 0.6) is 0 Å². The fraction of sp³-hybridized carbons (Fsp3) is 0.357. The third kappa shape index (κ3) is 3.60. The van der Waals surface area contributed by atoms with Gasteiger partial charge in [0.05, 0.1) is 26.4 Å². The van der Waals surface area contributed by atoms with Crippen molar-refractivity contribution in [2.75, 3.05) is 5.32 Å². The number of hydrogen-bond acceptors (Lipinski definition) is 2. The monoisotopic (exact) mass is 331 g/mol. The SMILES string of the molecule is CCCCn1cc(C)nc1Nc1cc(Cl)c(Cl)cc1Cl. The maximum atomic E-state index is 6.17. The maximum Gasteiger partial charge on any atom is 0.207 e. The molecule has 0 spiro atoms. The molecule has 2 rings (SSSR count). The first-order valence-corrected chi connectivity index (χ1v) is 7.60. The van der Waals surface area contributed by atoms with Crippen molar-refractivity contribution in [2.24, 2.45) is 0 Å². The Morgan fingerprint density at radius 2 is 1.85 bits per heavy atom. The Labute approximate surface area is 133 Å². The summed E-state index contributed by atoms with van der Waals surface area (Å²) in [7, 11) is 0. The van der Waals surface area contributed by atoms with Gasteiger partial charge in [-0.15, -0.1) is 0 Å². The minimum atomic E-state index is 0.438. The van der Waals surface area contributed by atoms with Crippen molar-refractivity contribution in [3.8, 4) is 0 Å². The van der Waals surface area contributed by atoms with E-state index in [-0.39, 0.29) is 0 Å². The molecule has 0 fully saturated rings. The smallest absolute Gasteiger partial charge is 0.207 e. The standard InChI is InChI=1S/C14H16Cl3N3/c1-3-4-5-20-8-9(2)18-14(20)19-13-7-11(16)10(15)6-12(13)17/h6-8H,3-5H2,1-2H3,(H,18,19). The van der Waals surface area contributed by atoms with Crippen LogP contribution in [0.4, 0.5) is 11.6 Å². The van der Waals surface area contributed by atoms with Gasteiger partial charge in [-0.1, -0.05) is 48.1 Å². The number of unbranched alkanes of at least 4 members (excludes halogenated alkanes) is 1. The Balaban J connectivity index is 2.27. The average Bonchev–Trinajstić information content (AvgIpc) is 2.73. The molecule has 6 heteroatoms. The largest absolute Gasteiger partial charge is 0.324 e. The fourth-order valence-electron chi connectivity index (χ4n) is 1.88. The van der Waals surface area contributed by atoms with Crippen molar-refractivity contribution in [3.05, 3.63) is 39.1 Å². The number of aryl methyl sites for hydroxylation is 2. The van der Waals surface area contributed by atoms with E-state index in [0.29, 0.717) is 20.8 Å². The van der Waals surface area contributed by atoms with E-state index in [1.165, 1.54) is 0 Å². The number of anilines is 2. The molecule has 2 aromatic rings. The summed E-state index contributed by atoms with van der Waals surface area (Å²) >= 11 is 18.1. The van der Waals surface area contributed by atoms with E-state index in [4.69, 9.17) is 34.8 Å². The predicted octanol–water partition coefficient (Wildman–Crippen LogP) is 5.70. The number of nitrogens with zero attached hydrogens (tertiary/aromatic N) is 2. The molecule has 0 aliphatic carbocycles. The zero-order chi connectivity index (χ0) is 14.7. The van der Waals surface area contributed by atoms with Crippen molar-refractivity contribution in [2.45, 2.75) is 33.2 Å². The molecule has 3 nitrogen and oxygen atoms in total. The van der Waals surface area contributed by atoms with Gasteiger partial charge in [0.2, 0.25) is 5.95 Å². The Kier molecular flexibility index (Phi) is 5.19. The molecule has 0 aliphatic rings. The van der Waals surface area contributed by atoms with Crippen LogP contribution in [0, 0.1) is 6.92 Å². The molecule has 20 heavy (non-hydrogen) atoms. The normalized spacial score (nSPS) is 10.8. The summed E-state index contributed by atoms with van der Waals surface area (Å²) in [4.78, 5) is 4.47. The van der Waals surface area contributed by atoms with E-state index in [2.05, 4.69) is 21.8 Å². The molecule has 0 bridgehead atoms. The van der Waals surface area contributed by atoms with E-state index >= 15 is 0 Å². The van der Waals surface area contributed by atoms with Crippen LogP contribution in [0.3, 0.4) is 0 Å². The molecule has 1 aromatic heterocycles. The van der Waals surface area contributed by atoms with Crippen LogP contribution in [-0.2, 0) is 6.54 Å². The summed E-state index contributed by atoms with van der Waals surface area (Å²) in [5.74, 6) is 0.760. The first-order valence-electron chi connectivity index (χ1n) is 6.46. The topological polar surface area (TPSA) is 29.9 Å². The van der Waals surface area contributed by atoms with Crippen LogP contribution in [0.1, 0.15) is 25.5 Å². The summed E-state index contributed by atoms with van der Waals surface area (Å²) in [5, 5.41) is 4.63. The maximum absolute atomic E-state index is 6.17. The van der Waals surface area contributed by atoms with Crippen LogP contribution in [0.25, 0.3) is 0 Å². The quantitative estimate of drug-likeness (QED) is 0.712. The van der Waals surface area contributed by atoms with Crippen LogP contribution < -0.4 is 5.32 Å². The van der Waals surface area contributed by atoms with Gasteiger partial charge < -0.3 is 9.88 Å². The number of rotatable bonds is 5. The summed E-state index contributed by atoms with van der Waals surface area (Å²) < 4.78 is 2.08. The molecule has 0 saturated carbocycles. The zero-order valence-electron chi connectivity index (χ0n) is 11.4. The van der Waals surface area contributed by atoms with E-state index in [1.54, 1.807) is 12.1 Å². The lowest BCUT2D eigenvalue weighted by Crippen LogP contribution is -2.03. The van der Waals surface area contributed by atoms with Crippen molar-refractivity contribution in [1.82, 2.24) is 9.55 Å². The van der Waals surface area contributed by atoms with Crippen molar-refractivity contribution in [1.29, 1.82) is 0 Å². The molecule has 0 saturated heterocycles. The molecule has 1 aromatic carbocycles. The summed E-state index contributed by atoms with van der Waals surface area (Å²) in [5.41, 5.74) is 1.66. The van der Waals surface area contributed by atoms with E-state index in [1.807, 2.05) is 13.1 Å². The Morgan fingerprint density at radius 1 is 1.15 bits per heavy atom. The number of nitrogens with one attached hydrogen (secondary N) is 1. The number of hydrogen-bond donors (Lipinski definition) is 1. The second-order valence-electron chi connectivity index (χ2n) is 4.62. The van der Waals surface area contributed by atoms with Gasteiger partial charge in [-0.05, 0) is 25.5 Å². The summed E-state index contributed by atoms with van der Waals surface area (Å²) in [6.07, 6.45) is 4.24. The van der Waals surface area contributed by atoms with Crippen molar-refractivity contribution < 1.29 is 0 Å². The summed E-state index contributed by atoms with van der Waals surface area (Å²) in [6, 6.07) is 3.33. The number of benzene rings is 1. The first-order chi connectivity index (χ1) is 9.51.